The predicted molar refractivity (Wildman–Crippen MR) is 67.1 cm³/mol. The van der Waals surface area contributed by atoms with Gasteiger partial charge in [0.15, 0.2) is 0 Å². The summed E-state index contributed by atoms with van der Waals surface area (Å²) in [6, 6.07) is 3.32. The van der Waals surface area contributed by atoms with Gasteiger partial charge in [-0.3, -0.25) is 4.21 Å². The molecule has 0 saturated carbocycles. The van der Waals surface area contributed by atoms with E-state index in [0.717, 1.165) is 0 Å². The number of nitrogens with one attached hydrogen (secondary N) is 1. The first-order valence-corrected chi connectivity index (χ1v) is 7.06. The molecule has 6 heteroatoms. The summed E-state index contributed by atoms with van der Waals surface area (Å²) in [5, 5.41) is 2.73. The van der Waals surface area contributed by atoms with E-state index >= 15 is 0 Å². The zero-order valence-electron chi connectivity index (χ0n) is 10.3. The summed E-state index contributed by atoms with van der Waals surface area (Å²) in [5.74, 6) is 1.18. The van der Waals surface area contributed by atoms with Crippen LogP contribution in [0.3, 0.4) is 0 Å². The largest absolute Gasteiger partial charge is 0.467 e. The van der Waals surface area contributed by atoms with E-state index in [1.165, 1.54) is 0 Å². The first kappa shape index (κ1) is 13.8. The van der Waals surface area contributed by atoms with Gasteiger partial charge in [0.2, 0.25) is 0 Å². The number of hydrogen-bond acceptors (Lipinski definition) is 3. The molecule has 1 heterocycles. The summed E-state index contributed by atoms with van der Waals surface area (Å²) in [6.07, 6.45) is 3.19. The van der Waals surface area contributed by atoms with Gasteiger partial charge in [0, 0.05) is 35.9 Å². The standard InChI is InChI=1S/C11H18N2O3S/c1-9(8-17(3)15)13(2)11(14)12-7-10-5-4-6-16-10/h4-6,9H,7-8H2,1-3H3,(H,12,14)/t9-,17-/m1/s1. The first-order chi connectivity index (χ1) is 8.00. The Bertz CT molecular complexity index is 378. The van der Waals surface area contributed by atoms with Gasteiger partial charge >= 0.3 is 6.03 Å². The van der Waals surface area contributed by atoms with Crippen molar-refractivity contribution in [3.63, 3.8) is 0 Å². The lowest BCUT2D eigenvalue weighted by atomic mass is 10.3. The second-order valence-corrected chi connectivity index (χ2v) is 5.42. The molecule has 5 nitrogen and oxygen atoms in total. The third kappa shape index (κ3) is 4.60. The smallest absolute Gasteiger partial charge is 0.317 e. The topological polar surface area (TPSA) is 62.6 Å². The maximum atomic E-state index is 11.7. The second kappa shape index (κ2) is 6.44. The molecular formula is C11H18N2O3S. The van der Waals surface area contributed by atoms with Crippen molar-refractivity contribution in [3.8, 4) is 0 Å². The van der Waals surface area contributed by atoms with E-state index in [-0.39, 0.29) is 12.1 Å². The minimum Gasteiger partial charge on any atom is -0.467 e. The maximum absolute atomic E-state index is 11.7. The molecule has 0 spiro atoms. The molecule has 0 bridgehead atoms. The van der Waals surface area contributed by atoms with Crippen LogP contribution in [-0.2, 0) is 17.3 Å². The molecule has 2 atom stereocenters. The summed E-state index contributed by atoms with van der Waals surface area (Å²) in [4.78, 5) is 13.3. The number of amides is 2. The molecule has 1 N–H and O–H groups in total. The summed E-state index contributed by atoms with van der Waals surface area (Å²) >= 11 is 0. The van der Waals surface area contributed by atoms with E-state index in [1.807, 2.05) is 6.92 Å². The molecule has 96 valence electrons. The van der Waals surface area contributed by atoms with Crippen LogP contribution in [-0.4, -0.2) is 40.2 Å². The van der Waals surface area contributed by atoms with Crippen LogP contribution >= 0.6 is 0 Å². The van der Waals surface area contributed by atoms with Crippen LogP contribution in [0.25, 0.3) is 0 Å². The molecule has 0 aliphatic rings. The molecule has 0 unspecified atom stereocenters. The van der Waals surface area contributed by atoms with Gasteiger partial charge in [-0.25, -0.2) is 4.79 Å². The van der Waals surface area contributed by atoms with Crippen LogP contribution in [0.5, 0.6) is 0 Å². The van der Waals surface area contributed by atoms with Gasteiger partial charge in [0.25, 0.3) is 0 Å². The maximum Gasteiger partial charge on any atom is 0.317 e. The number of rotatable bonds is 5. The van der Waals surface area contributed by atoms with E-state index in [2.05, 4.69) is 5.32 Å². The number of nitrogens with zero attached hydrogens (tertiary/aromatic N) is 1. The van der Waals surface area contributed by atoms with Gasteiger partial charge in [-0.05, 0) is 19.1 Å². The number of furan rings is 1. The molecule has 0 radical (unpaired) electrons. The van der Waals surface area contributed by atoms with Crippen molar-refractivity contribution >= 4 is 16.8 Å². The monoisotopic (exact) mass is 258 g/mol. The quantitative estimate of drug-likeness (QED) is 0.863. The Morgan fingerprint density at radius 2 is 2.35 bits per heavy atom. The minimum absolute atomic E-state index is 0.0579. The minimum atomic E-state index is -0.906. The normalized spacial score (nSPS) is 14.1. The highest BCUT2D eigenvalue weighted by molar-refractivity contribution is 7.84. The highest BCUT2D eigenvalue weighted by atomic mass is 32.2. The van der Waals surface area contributed by atoms with Crippen molar-refractivity contribution in [1.29, 1.82) is 0 Å². The molecular weight excluding hydrogens is 240 g/mol. The van der Waals surface area contributed by atoms with E-state index in [9.17, 15) is 9.00 Å². The fourth-order valence-corrected chi connectivity index (χ4v) is 2.26. The summed E-state index contributed by atoms with van der Waals surface area (Å²) in [5.41, 5.74) is 0. The molecule has 0 aromatic carbocycles. The number of carbonyl (C=O) groups excluding carboxylic acids is 1. The molecule has 1 aromatic heterocycles. The fraction of sp³-hybridized carbons (Fsp3) is 0.545. The van der Waals surface area contributed by atoms with Gasteiger partial charge in [-0.2, -0.15) is 0 Å². The molecule has 0 aliphatic heterocycles. The predicted octanol–water partition coefficient (Wildman–Crippen LogP) is 1.19. The molecule has 0 fully saturated rings. The lowest BCUT2D eigenvalue weighted by Gasteiger charge is -2.24. The van der Waals surface area contributed by atoms with Crippen molar-refractivity contribution in [1.82, 2.24) is 10.2 Å². The van der Waals surface area contributed by atoms with Gasteiger partial charge in [0.05, 0.1) is 12.8 Å². The summed E-state index contributed by atoms with van der Waals surface area (Å²) in [7, 11) is 0.783. The Labute approximate surface area is 104 Å². The van der Waals surface area contributed by atoms with Crippen LogP contribution in [0, 0.1) is 0 Å². The van der Waals surface area contributed by atoms with Crippen LogP contribution in [0.1, 0.15) is 12.7 Å². The zero-order valence-corrected chi connectivity index (χ0v) is 11.1. The average Bonchev–Trinajstić information content (AvgIpc) is 2.76. The van der Waals surface area contributed by atoms with Crippen molar-refractivity contribution in [2.75, 3.05) is 19.1 Å². The molecule has 1 rings (SSSR count). The SMILES string of the molecule is C[C@H](C[S@@](C)=O)N(C)C(=O)NCc1ccco1. The van der Waals surface area contributed by atoms with Crippen molar-refractivity contribution in [2.24, 2.45) is 0 Å². The third-order valence-electron chi connectivity index (χ3n) is 2.45. The van der Waals surface area contributed by atoms with Crippen LogP contribution in [0.4, 0.5) is 4.79 Å². The Morgan fingerprint density at radius 1 is 1.65 bits per heavy atom. The van der Waals surface area contributed by atoms with E-state index in [0.29, 0.717) is 18.1 Å². The summed E-state index contributed by atoms with van der Waals surface area (Å²) in [6.45, 7) is 2.23. The Morgan fingerprint density at radius 3 is 2.88 bits per heavy atom. The van der Waals surface area contributed by atoms with Gasteiger partial charge in [-0.15, -0.1) is 0 Å². The summed E-state index contributed by atoms with van der Waals surface area (Å²) < 4.78 is 16.2. The van der Waals surface area contributed by atoms with Crippen molar-refractivity contribution in [3.05, 3.63) is 24.2 Å². The molecule has 1 aromatic rings. The molecule has 17 heavy (non-hydrogen) atoms. The second-order valence-electron chi connectivity index (χ2n) is 3.94. The van der Waals surface area contributed by atoms with Gasteiger partial charge < -0.3 is 14.6 Å². The van der Waals surface area contributed by atoms with Crippen LogP contribution < -0.4 is 5.32 Å². The van der Waals surface area contributed by atoms with Crippen molar-refractivity contribution in [2.45, 2.75) is 19.5 Å². The van der Waals surface area contributed by atoms with Crippen LogP contribution in [0.15, 0.2) is 22.8 Å². The number of hydrogen-bond donors (Lipinski definition) is 1. The lowest BCUT2D eigenvalue weighted by molar-refractivity contribution is 0.197. The van der Waals surface area contributed by atoms with Crippen LogP contribution in [0.2, 0.25) is 0 Å². The Hall–Kier alpha value is -1.30. The zero-order chi connectivity index (χ0) is 12.8. The van der Waals surface area contributed by atoms with E-state index in [4.69, 9.17) is 4.42 Å². The molecule has 2 amide bonds. The Balaban J connectivity index is 2.38. The lowest BCUT2D eigenvalue weighted by Crippen LogP contribution is -2.44. The van der Waals surface area contributed by atoms with Gasteiger partial charge in [-0.1, -0.05) is 0 Å². The number of urea groups is 1. The fourth-order valence-electron chi connectivity index (χ4n) is 1.35. The third-order valence-corrected chi connectivity index (χ3v) is 3.40. The van der Waals surface area contributed by atoms with Crippen molar-refractivity contribution < 1.29 is 13.4 Å². The first-order valence-electron chi connectivity index (χ1n) is 5.33. The molecule has 0 aliphatic carbocycles. The number of carbonyl (C=O) groups is 1. The Kier molecular flexibility index (Phi) is 5.21. The average molecular weight is 258 g/mol. The van der Waals surface area contributed by atoms with Gasteiger partial charge in [0.1, 0.15) is 5.76 Å². The highest BCUT2D eigenvalue weighted by Gasteiger charge is 2.16. The molecule has 0 saturated heterocycles. The van der Waals surface area contributed by atoms with E-state index in [1.54, 1.807) is 36.6 Å². The van der Waals surface area contributed by atoms with E-state index < -0.39 is 10.8 Å². The highest BCUT2D eigenvalue weighted by Crippen LogP contribution is 2.01.